The molecule has 1 aliphatic heterocycles. The van der Waals surface area contributed by atoms with Crippen molar-refractivity contribution in [3.8, 4) is 5.75 Å². The normalized spacial score (nSPS) is 14.9. The van der Waals surface area contributed by atoms with Crippen LogP contribution in [0.5, 0.6) is 5.75 Å². The maximum absolute atomic E-state index is 13.7. The van der Waals surface area contributed by atoms with Gasteiger partial charge in [0.15, 0.2) is 18.2 Å². The molecule has 1 aliphatic rings. The SMILES string of the molecule is NC(=S)c1ccc(OCC(=O)N2CCCCC2)c(F)c1. The van der Waals surface area contributed by atoms with Crippen LogP contribution in [0.25, 0.3) is 0 Å². The lowest BCUT2D eigenvalue weighted by Gasteiger charge is -2.26. The highest BCUT2D eigenvalue weighted by atomic mass is 32.1. The molecule has 20 heavy (non-hydrogen) atoms. The molecular formula is C14H17FN2O2S. The van der Waals surface area contributed by atoms with Crippen molar-refractivity contribution in [2.45, 2.75) is 19.3 Å². The molecule has 0 bridgehead atoms. The highest BCUT2D eigenvalue weighted by molar-refractivity contribution is 7.80. The molecule has 6 heteroatoms. The molecule has 2 N–H and O–H groups in total. The van der Waals surface area contributed by atoms with Gasteiger partial charge in [-0.15, -0.1) is 0 Å². The van der Waals surface area contributed by atoms with E-state index in [1.54, 1.807) is 11.0 Å². The molecule has 1 aromatic rings. The molecule has 0 aromatic heterocycles. The summed E-state index contributed by atoms with van der Waals surface area (Å²) in [6, 6.07) is 4.22. The molecular weight excluding hydrogens is 279 g/mol. The van der Waals surface area contributed by atoms with Gasteiger partial charge in [0, 0.05) is 18.7 Å². The first-order valence-corrected chi connectivity index (χ1v) is 6.98. The van der Waals surface area contributed by atoms with Gasteiger partial charge in [-0.2, -0.15) is 0 Å². The summed E-state index contributed by atoms with van der Waals surface area (Å²) in [5.74, 6) is -0.639. The van der Waals surface area contributed by atoms with Crippen molar-refractivity contribution in [3.05, 3.63) is 29.6 Å². The monoisotopic (exact) mass is 296 g/mol. The van der Waals surface area contributed by atoms with Crippen LogP contribution in [0.15, 0.2) is 18.2 Å². The number of rotatable bonds is 4. The Hall–Kier alpha value is -1.69. The number of carbonyl (C=O) groups excluding carboxylic acids is 1. The number of likely N-dealkylation sites (tertiary alicyclic amines) is 1. The number of amides is 1. The number of piperidine rings is 1. The zero-order valence-electron chi connectivity index (χ0n) is 11.1. The van der Waals surface area contributed by atoms with Crippen molar-refractivity contribution in [3.63, 3.8) is 0 Å². The maximum Gasteiger partial charge on any atom is 0.260 e. The molecule has 1 fully saturated rings. The van der Waals surface area contributed by atoms with Gasteiger partial charge in [0.25, 0.3) is 5.91 Å². The Morgan fingerprint density at radius 2 is 2.05 bits per heavy atom. The number of nitrogens with two attached hydrogens (primary N) is 1. The molecule has 1 aromatic carbocycles. The number of hydrogen-bond acceptors (Lipinski definition) is 3. The fourth-order valence-corrected chi connectivity index (χ4v) is 2.27. The zero-order chi connectivity index (χ0) is 14.5. The molecule has 0 unspecified atom stereocenters. The lowest BCUT2D eigenvalue weighted by atomic mass is 10.1. The quantitative estimate of drug-likeness (QED) is 0.862. The Kier molecular flexibility index (Phi) is 4.89. The van der Waals surface area contributed by atoms with E-state index in [4.69, 9.17) is 22.7 Å². The molecule has 1 amide bonds. The van der Waals surface area contributed by atoms with Gasteiger partial charge in [-0.05, 0) is 37.5 Å². The van der Waals surface area contributed by atoms with E-state index in [9.17, 15) is 9.18 Å². The minimum atomic E-state index is -0.568. The first-order valence-electron chi connectivity index (χ1n) is 6.58. The van der Waals surface area contributed by atoms with Crippen LogP contribution in [-0.4, -0.2) is 35.5 Å². The van der Waals surface area contributed by atoms with Gasteiger partial charge in [-0.1, -0.05) is 12.2 Å². The summed E-state index contributed by atoms with van der Waals surface area (Å²) in [4.78, 5) is 13.8. The number of benzene rings is 1. The molecule has 108 valence electrons. The Morgan fingerprint density at radius 3 is 2.65 bits per heavy atom. The first-order chi connectivity index (χ1) is 9.58. The second-order valence-electron chi connectivity index (χ2n) is 4.74. The summed E-state index contributed by atoms with van der Waals surface area (Å²) in [5.41, 5.74) is 5.85. The zero-order valence-corrected chi connectivity index (χ0v) is 11.9. The van der Waals surface area contributed by atoms with E-state index in [-0.39, 0.29) is 23.3 Å². The summed E-state index contributed by atoms with van der Waals surface area (Å²) in [5, 5.41) is 0. The van der Waals surface area contributed by atoms with E-state index in [1.165, 1.54) is 12.1 Å². The van der Waals surface area contributed by atoms with E-state index >= 15 is 0 Å². The van der Waals surface area contributed by atoms with Crippen molar-refractivity contribution in [1.29, 1.82) is 0 Å². The van der Waals surface area contributed by atoms with Crippen LogP contribution < -0.4 is 10.5 Å². The number of carbonyl (C=O) groups is 1. The van der Waals surface area contributed by atoms with Gasteiger partial charge in [0.05, 0.1) is 0 Å². The van der Waals surface area contributed by atoms with Gasteiger partial charge < -0.3 is 15.4 Å². The number of halogens is 1. The standard InChI is InChI=1S/C14H17FN2O2S/c15-11-8-10(14(16)20)4-5-12(11)19-9-13(18)17-6-2-1-3-7-17/h4-5,8H,1-3,6-7,9H2,(H2,16,20). The second kappa shape index (κ2) is 6.65. The molecule has 1 heterocycles. The molecule has 0 saturated carbocycles. The average molecular weight is 296 g/mol. The predicted octanol–water partition coefficient (Wildman–Crippen LogP) is 1.85. The van der Waals surface area contributed by atoms with Crippen LogP contribution in [0, 0.1) is 5.82 Å². The molecule has 0 atom stereocenters. The van der Waals surface area contributed by atoms with E-state index < -0.39 is 5.82 Å². The van der Waals surface area contributed by atoms with E-state index in [0.717, 1.165) is 32.4 Å². The molecule has 0 spiro atoms. The van der Waals surface area contributed by atoms with Gasteiger partial charge in [-0.25, -0.2) is 4.39 Å². The van der Waals surface area contributed by atoms with E-state index in [1.807, 2.05) is 0 Å². The van der Waals surface area contributed by atoms with Crippen LogP contribution in [0.4, 0.5) is 4.39 Å². The van der Waals surface area contributed by atoms with E-state index in [2.05, 4.69) is 0 Å². The van der Waals surface area contributed by atoms with Crippen molar-refractivity contribution in [2.24, 2.45) is 5.73 Å². The average Bonchev–Trinajstić information content (AvgIpc) is 2.46. The first kappa shape index (κ1) is 14.7. The summed E-state index contributed by atoms with van der Waals surface area (Å²) in [7, 11) is 0. The highest BCUT2D eigenvalue weighted by Crippen LogP contribution is 2.18. The summed E-state index contributed by atoms with van der Waals surface area (Å²) in [6.07, 6.45) is 3.19. The van der Waals surface area contributed by atoms with Gasteiger partial charge >= 0.3 is 0 Å². The highest BCUT2D eigenvalue weighted by Gasteiger charge is 2.17. The third-order valence-corrected chi connectivity index (χ3v) is 3.51. The lowest BCUT2D eigenvalue weighted by Crippen LogP contribution is -2.38. The van der Waals surface area contributed by atoms with Crippen molar-refractivity contribution >= 4 is 23.1 Å². The summed E-state index contributed by atoms with van der Waals surface area (Å²) < 4.78 is 19.0. The van der Waals surface area contributed by atoms with Crippen molar-refractivity contribution < 1.29 is 13.9 Å². The minimum Gasteiger partial charge on any atom is -0.481 e. The third-order valence-electron chi connectivity index (χ3n) is 3.28. The maximum atomic E-state index is 13.7. The lowest BCUT2D eigenvalue weighted by molar-refractivity contribution is -0.134. The van der Waals surface area contributed by atoms with Crippen LogP contribution in [0.2, 0.25) is 0 Å². The van der Waals surface area contributed by atoms with Gasteiger partial charge in [0.1, 0.15) is 4.99 Å². The Labute approximate surface area is 122 Å². The van der Waals surface area contributed by atoms with Crippen molar-refractivity contribution in [1.82, 2.24) is 4.90 Å². The van der Waals surface area contributed by atoms with Crippen LogP contribution >= 0.6 is 12.2 Å². The van der Waals surface area contributed by atoms with Crippen LogP contribution in [0.1, 0.15) is 24.8 Å². The third kappa shape index (κ3) is 3.66. The number of thiocarbonyl (C=S) groups is 1. The molecule has 1 saturated heterocycles. The summed E-state index contributed by atoms with van der Waals surface area (Å²) >= 11 is 4.77. The van der Waals surface area contributed by atoms with Gasteiger partial charge in [-0.3, -0.25) is 4.79 Å². The van der Waals surface area contributed by atoms with Crippen LogP contribution in [0.3, 0.4) is 0 Å². The number of ether oxygens (including phenoxy) is 1. The molecule has 2 rings (SSSR count). The Balaban J connectivity index is 1.93. The molecule has 0 radical (unpaired) electrons. The fourth-order valence-electron chi connectivity index (χ4n) is 2.15. The van der Waals surface area contributed by atoms with Crippen LogP contribution in [-0.2, 0) is 4.79 Å². The smallest absolute Gasteiger partial charge is 0.260 e. The molecule has 4 nitrogen and oxygen atoms in total. The predicted molar refractivity (Wildman–Crippen MR) is 78.2 cm³/mol. The number of nitrogens with zero attached hydrogens (tertiary/aromatic N) is 1. The largest absolute Gasteiger partial charge is 0.481 e. The van der Waals surface area contributed by atoms with Crippen molar-refractivity contribution in [2.75, 3.05) is 19.7 Å². The second-order valence-corrected chi connectivity index (χ2v) is 5.18. The Morgan fingerprint density at radius 1 is 1.35 bits per heavy atom. The summed E-state index contributed by atoms with van der Waals surface area (Å²) in [6.45, 7) is 1.36. The number of hydrogen-bond donors (Lipinski definition) is 1. The fraction of sp³-hybridized carbons (Fsp3) is 0.429. The topological polar surface area (TPSA) is 55.6 Å². The Bertz CT molecular complexity index is 516. The van der Waals surface area contributed by atoms with E-state index in [0.29, 0.717) is 5.56 Å². The molecule has 0 aliphatic carbocycles. The minimum absolute atomic E-state index is 0.0374. The van der Waals surface area contributed by atoms with Gasteiger partial charge in [0.2, 0.25) is 0 Å².